The quantitative estimate of drug-likeness (QED) is 0.475. The molecule has 1 saturated heterocycles. The molecule has 7 nitrogen and oxygen atoms in total. The van der Waals surface area contributed by atoms with Gasteiger partial charge in [-0.2, -0.15) is 0 Å². The number of rotatable bonds is 8. The minimum absolute atomic E-state index is 0.0981. The molecule has 2 aromatic carbocycles. The van der Waals surface area contributed by atoms with Crippen LogP contribution in [0, 0.1) is 0 Å². The zero-order chi connectivity index (χ0) is 22.6. The predicted octanol–water partition coefficient (Wildman–Crippen LogP) is 4.12. The van der Waals surface area contributed by atoms with Crippen LogP contribution in [-0.2, 0) is 15.1 Å². The van der Waals surface area contributed by atoms with Crippen LogP contribution in [-0.4, -0.2) is 35.1 Å². The number of amides is 4. The Balaban J connectivity index is 1.74. The molecule has 0 aromatic heterocycles. The standard InChI is InChI=1S/C23H24ClN3O4/c1-3-5-20(29)25-18-12-6-15(7-13-18)19(28)14-27-21(30)23(4-2,26-22(27)31)16-8-10-17(24)11-9-16/h6-13H,3-5,14H2,1-2H3,(H,25,29)(H,26,31). The number of urea groups is 1. The molecule has 8 heteroatoms. The maximum absolute atomic E-state index is 13.2. The number of hydrogen-bond donors (Lipinski definition) is 2. The zero-order valence-electron chi connectivity index (χ0n) is 17.4. The number of anilines is 1. The van der Waals surface area contributed by atoms with Gasteiger partial charge in [0.05, 0.1) is 6.54 Å². The van der Waals surface area contributed by atoms with Crippen LogP contribution in [0.4, 0.5) is 10.5 Å². The molecule has 0 spiro atoms. The summed E-state index contributed by atoms with van der Waals surface area (Å²) < 4.78 is 0. The summed E-state index contributed by atoms with van der Waals surface area (Å²) in [5, 5.41) is 6.02. The second-order valence-corrected chi connectivity index (χ2v) is 7.82. The maximum Gasteiger partial charge on any atom is 0.325 e. The zero-order valence-corrected chi connectivity index (χ0v) is 18.2. The highest BCUT2D eigenvalue weighted by molar-refractivity contribution is 6.30. The summed E-state index contributed by atoms with van der Waals surface area (Å²) in [5.41, 5.74) is 0.308. The maximum atomic E-state index is 13.2. The average molecular weight is 442 g/mol. The van der Waals surface area contributed by atoms with Crippen molar-refractivity contribution < 1.29 is 19.2 Å². The first-order valence-corrected chi connectivity index (χ1v) is 10.5. The lowest BCUT2D eigenvalue weighted by Crippen LogP contribution is -2.43. The van der Waals surface area contributed by atoms with E-state index in [1.54, 1.807) is 55.5 Å². The van der Waals surface area contributed by atoms with Crippen LogP contribution in [0.1, 0.15) is 49.0 Å². The van der Waals surface area contributed by atoms with E-state index in [2.05, 4.69) is 10.6 Å². The number of nitrogens with one attached hydrogen (secondary N) is 2. The van der Waals surface area contributed by atoms with E-state index in [1.807, 2.05) is 6.92 Å². The number of halogens is 1. The van der Waals surface area contributed by atoms with Crippen molar-refractivity contribution in [3.05, 3.63) is 64.7 Å². The first-order chi connectivity index (χ1) is 14.8. The Morgan fingerprint density at radius 1 is 1.03 bits per heavy atom. The highest BCUT2D eigenvalue weighted by Crippen LogP contribution is 2.33. The summed E-state index contributed by atoms with van der Waals surface area (Å²) in [6, 6.07) is 12.5. The molecule has 1 fully saturated rings. The van der Waals surface area contributed by atoms with Crippen molar-refractivity contribution in [2.24, 2.45) is 0 Å². The molecule has 1 aliphatic heterocycles. The van der Waals surface area contributed by atoms with Crippen molar-refractivity contribution in [1.82, 2.24) is 10.2 Å². The summed E-state index contributed by atoms with van der Waals surface area (Å²) in [5.74, 6) is -0.948. The molecule has 2 aromatic rings. The minimum Gasteiger partial charge on any atom is -0.326 e. The number of benzene rings is 2. The normalized spacial score (nSPS) is 18.1. The molecule has 31 heavy (non-hydrogen) atoms. The molecule has 2 N–H and O–H groups in total. The fourth-order valence-corrected chi connectivity index (χ4v) is 3.69. The van der Waals surface area contributed by atoms with E-state index >= 15 is 0 Å². The Morgan fingerprint density at radius 2 is 1.68 bits per heavy atom. The van der Waals surface area contributed by atoms with Crippen LogP contribution in [0.2, 0.25) is 5.02 Å². The molecular formula is C23H24ClN3O4. The van der Waals surface area contributed by atoms with Gasteiger partial charge in [0.1, 0.15) is 5.54 Å². The molecule has 0 bridgehead atoms. The highest BCUT2D eigenvalue weighted by Gasteiger charge is 2.51. The third kappa shape index (κ3) is 4.61. The van der Waals surface area contributed by atoms with Gasteiger partial charge in [-0.05, 0) is 54.8 Å². The Morgan fingerprint density at radius 3 is 2.26 bits per heavy atom. The second-order valence-electron chi connectivity index (χ2n) is 7.39. The summed E-state index contributed by atoms with van der Waals surface area (Å²) in [7, 11) is 0. The van der Waals surface area contributed by atoms with Gasteiger partial charge >= 0.3 is 6.03 Å². The first-order valence-electron chi connectivity index (χ1n) is 10.1. The molecule has 0 aliphatic carbocycles. The Kier molecular flexibility index (Phi) is 6.75. The third-order valence-corrected chi connectivity index (χ3v) is 5.56. The summed E-state index contributed by atoms with van der Waals surface area (Å²) >= 11 is 5.94. The van der Waals surface area contributed by atoms with E-state index in [0.717, 1.165) is 11.3 Å². The average Bonchev–Trinajstić information content (AvgIpc) is 3.00. The van der Waals surface area contributed by atoms with Crippen molar-refractivity contribution in [2.75, 3.05) is 11.9 Å². The van der Waals surface area contributed by atoms with E-state index in [1.165, 1.54) is 0 Å². The molecule has 3 rings (SSSR count). The second kappa shape index (κ2) is 9.31. The van der Waals surface area contributed by atoms with Crippen molar-refractivity contribution in [2.45, 2.75) is 38.6 Å². The molecule has 1 heterocycles. The van der Waals surface area contributed by atoms with E-state index in [-0.39, 0.29) is 18.2 Å². The van der Waals surface area contributed by atoms with Crippen LogP contribution in [0.5, 0.6) is 0 Å². The SMILES string of the molecule is CCCC(=O)Nc1ccc(C(=O)CN2C(=O)NC(CC)(c3ccc(Cl)cc3)C2=O)cc1. The summed E-state index contributed by atoms with van der Waals surface area (Å²) in [4.78, 5) is 51.1. The number of carbonyl (C=O) groups is 4. The third-order valence-electron chi connectivity index (χ3n) is 5.31. The topological polar surface area (TPSA) is 95.6 Å². The van der Waals surface area contributed by atoms with Gasteiger partial charge in [-0.1, -0.05) is 37.6 Å². The number of carbonyl (C=O) groups excluding carboxylic acids is 4. The molecular weight excluding hydrogens is 418 g/mol. The van der Waals surface area contributed by atoms with E-state index in [4.69, 9.17) is 11.6 Å². The molecule has 4 amide bonds. The number of ketones is 1. The molecule has 1 atom stereocenters. The van der Waals surface area contributed by atoms with Crippen LogP contribution in [0.25, 0.3) is 0 Å². The minimum atomic E-state index is -1.23. The van der Waals surface area contributed by atoms with Crippen molar-refractivity contribution in [3.63, 3.8) is 0 Å². The Hall–Kier alpha value is -3.19. The molecule has 0 radical (unpaired) electrons. The lowest BCUT2D eigenvalue weighted by Gasteiger charge is -2.25. The van der Waals surface area contributed by atoms with Gasteiger partial charge < -0.3 is 10.6 Å². The van der Waals surface area contributed by atoms with Crippen LogP contribution in [0.15, 0.2) is 48.5 Å². The van der Waals surface area contributed by atoms with Crippen LogP contribution in [0.3, 0.4) is 0 Å². The van der Waals surface area contributed by atoms with Gasteiger partial charge in [0.25, 0.3) is 5.91 Å². The van der Waals surface area contributed by atoms with E-state index in [9.17, 15) is 19.2 Å². The van der Waals surface area contributed by atoms with Gasteiger partial charge in [0, 0.05) is 22.7 Å². The Labute approximate surface area is 185 Å². The van der Waals surface area contributed by atoms with Crippen molar-refractivity contribution in [1.29, 1.82) is 0 Å². The van der Waals surface area contributed by atoms with Gasteiger partial charge in [0.2, 0.25) is 5.91 Å². The van der Waals surface area contributed by atoms with Crippen molar-refractivity contribution in [3.8, 4) is 0 Å². The smallest absolute Gasteiger partial charge is 0.325 e. The van der Waals surface area contributed by atoms with Crippen LogP contribution < -0.4 is 10.6 Å². The van der Waals surface area contributed by atoms with Gasteiger partial charge in [-0.15, -0.1) is 0 Å². The highest BCUT2D eigenvalue weighted by atomic mass is 35.5. The molecule has 162 valence electrons. The van der Waals surface area contributed by atoms with Gasteiger partial charge in [-0.25, -0.2) is 4.79 Å². The Bertz CT molecular complexity index is 1000. The number of Topliss-reactive ketones (excluding diaryl/α,β-unsaturated/α-hetero) is 1. The van der Waals surface area contributed by atoms with Gasteiger partial charge in [0.15, 0.2) is 5.78 Å². The largest absolute Gasteiger partial charge is 0.326 e. The summed E-state index contributed by atoms with van der Waals surface area (Å²) in [6.07, 6.45) is 1.49. The number of nitrogens with zero attached hydrogens (tertiary/aromatic N) is 1. The molecule has 1 aliphatic rings. The molecule has 0 saturated carbocycles. The van der Waals surface area contributed by atoms with E-state index in [0.29, 0.717) is 34.7 Å². The predicted molar refractivity (Wildman–Crippen MR) is 118 cm³/mol. The van der Waals surface area contributed by atoms with E-state index < -0.39 is 17.5 Å². The monoisotopic (exact) mass is 441 g/mol. The van der Waals surface area contributed by atoms with Crippen molar-refractivity contribution >= 4 is 40.9 Å². The van der Waals surface area contributed by atoms with Gasteiger partial charge in [-0.3, -0.25) is 19.3 Å². The lowest BCUT2D eigenvalue weighted by atomic mass is 9.87. The first kappa shape index (κ1) is 22.5. The fraction of sp³-hybridized carbons (Fsp3) is 0.304. The fourth-order valence-electron chi connectivity index (χ4n) is 3.57. The molecule has 1 unspecified atom stereocenters. The summed E-state index contributed by atoms with van der Waals surface area (Å²) in [6.45, 7) is 3.34. The number of hydrogen-bond acceptors (Lipinski definition) is 4. The van der Waals surface area contributed by atoms with Crippen LogP contribution >= 0.6 is 11.6 Å². The lowest BCUT2D eigenvalue weighted by molar-refractivity contribution is -0.131. The number of imide groups is 1.